The Hall–Kier alpha value is -1.13. The van der Waals surface area contributed by atoms with Crippen LogP contribution in [0.15, 0.2) is 30.3 Å². The van der Waals surface area contributed by atoms with E-state index in [1.54, 1.807) is 18.2 Å². The van der Waals surface area contributed by atoms with E-state index >= 15 is 0 Å². The van der Waals surface area contributed by atoms with E-state index < -0.39 is 0 Å². The normalized spacial score (nSPS) is 12.1. The molecule has 0 aliphatic rings. The van der Waals surface area contributed by atoms with E-state index in [9.17, 15) is 0 Å². The van der Waals surface area contributed by atoms with Gasteiger partial charge in [-0.1, -0.05) is 47.8 Å². The molecule has 3 nitrogen and oxygen atoms in total. The zero-order valence-electron chi connectivity index (χ0n) is 15.2. The van der Waals surface area contributed by atoms with Gasteiger partial charge in [0.15, 0.2) is 11.5 Å². The van der Waals surface area contributed by atoms with Crippen molar-refractivity contribution >= 4 is 34.8 Å². The quantitative estimate of drug-likeness (QED) is 0.505. The van der Waals surface area contributed by atoms with Crippen LogP contribution in [-0.4, -0.2) is 12.6 Å². The third kappa shape index (κ3) is 5.68. The molecule has 0 bridgehead atoms. The molecule has 0 fully saturated rings. The zero-order valence-corrected chi connectivity index (χ0v) is 17.5. The Morgan fingerprint density at radius 2 is 1.69 bits per heavy atom. The molecular weight excluding hydrogens is 393 g/mol. The van der Waals surface area contributed by atoms with Crippen LogP contribution in [0, 0.1) is 0 Å². The van der Waals surface area contributed by atoms with Gasteiger partial charge in [-0.05, 0) is 50.1 Å². The largest absolute Gasteiger partial charge is 0.490 e. The molecule has 0 unspecified atom stereocenters. The van der Waals surface area contributed by atoms with Gasteiger partial charge in [0.25, 0.3) is 0 Å². The first-order valence-corrected chi connectivity index (χ1v) is 9.83. The summed E-state index contributed by atoms with van der Waals surface area (Å²) < 4.78 is 11.7. The molecular formula is C20H24Cl3NO2. The number of halogens is 3. The highest BCUT2D eigenvalue weighted by molar-refractivity contribution is 6.36. The smallest absolute Gasteiger partial charge is 0.180 e. The lowest BCUT2D eigenvalue weighted by atomic mass is 10.1. The second-order valence-electron chi connectivity index (χ2n) is 6.02. The summed E-state index contributed by atoms with van der Waals surface area (Å²) in [5.41, 5.74) is 1.76. The first kappa shape index (κ1) is 21.2. The number of nitrogens with one attached hydrogen (secondary N) is 1. The Kier molecular flexibility index (Phi) is 8.36. The second kappa shape index (κ2) is 10.3. The van der Waals surface area contributed by atoms with Crippen LogP contribution in [0.1, 0.15) is 38.3 Å². The molecule has 2 rings (SSSR count). The molecule has 142 valence electrons. The minimum Gasteiger partial charge on any atom is -0.490 e. The minimum atomic E-state index is 0.211. The van der Waals surface area contributed by atoms with Gasteiger partial charge in [0, 0.05) is 28.2 Å². The van der Waals surface area contributed by atoms with Crippen molar-refractivity contribution in [3.8, 4) is 11.5 Å². The third-order valence-electron chi connectivity index (χ3n) is 4.06. The lowest BCUT2D eigenvalue weighted by molar-refractivity contribution is 0.269. The Morgan fingerprint density at radius 3 is 2.31 bits per heavy atom. The van der Waals surface area contributed by atoms with E-state index in [-0.39, 0.29) is 6.61 Å². The average molecular weight is 417 g/mol. The van der Waals surface area contributed by atoms with Crippen molar-refractivity contribution in [3.05, 3.63) is 56.5 Å². The molecule has 2 aromatic carbocycles. The SMILES string of the molecule is CCOc1cc(CN[C@@H](C)CC)cc(Cl)c1OCc1c(Cl)cccc1Cl. The average Bonchev–Trinajstić information content (AvgIpc) is 2.61. The lowest BCUT2D eigenvalue weighted by Gasteiger charge is -2.17. The summed E-state index contributed by atoms with van der Waals surface area (Å²) in [4.78, 5) is 0. The number of benzene rings is 2. The van der Waals surface area contributed by atoms with Gasteiger partial charge in [-0.15, -0.1) is 0 Å². The summed E-state index contributed by atoms with van der Waals surface area (Å²) in [6.45, 7) is 7.66. The van der Waals surface area contributed by atoms with Gasteiger partial charge in [0.1, 0.15) is 6.61 Å². The maximum absolute atomic E-state index is 6.47. The van der Waals surface area contributed by atoms with E-state index in [1.165, 1.54) is 0 Å². The highest BCUT2D eigenvalue weighted by Gasteiger charge is 2.15. The fraction of sp³-hybridized carbons (Fsp3) is 0.400. The second-order valence-corrected chi connectivity index (χ2v) is 7.24. The lowest BCUT2D eigenvalue weighted by Crippen LogP contribution is -2.24. The maximum Gasteiger partial charge on any atom is 0.180 e. The first-order valence-electron chi connectivity index (χ1n) is 8.70. The van der Waals surface area contributed by atoms with Crippen molar-refractivity contribution in [2.75, 3.05) is 6.61 Å². The molecule has 26 heavy (non-hydrogen) atoms. The van der Waals surface area contributed by atoms with Crippen LogP contribution in [0.3, 0.4) is 0 Å². The highest BCUT2D eigenvalue weighted by Crippen LogP contribution is 2.38. The van der Waals surface area contributed by atoms with Gasteiger partial charge in [0.2, 0.25) is 0 Å². The minimum absolute atomic E-state index is 0.211. The number of hydrogen-bond donors (Lipinski definition) is 1. The molecule has 0 aromatic heterocycles. The maximum atomic E-state index is 6.47. The summed E-state index contributed by atoms with van der Waals surface area (Å²) in [6.07, 6.45) is 1.06. The van der Waals surface area contributed by atoms with Gasteiger partial charge in [0.05, 0.1) is 11.6 Å². The van der Waals surface area contributed by atoms with Gasteiger partial charge >= 0.3 is 0 Å². The Balaban J connectivity index is 2.21. The van der Waals surface area contributed by atoms with Crippen molar-refractivity contribution in [2.45, 2.75) is 46.4 Å². The van der Waals surface area contributed by atoms with Crippen LogP contribution in [0.25, 0.3) is 0 Å². The molecule has 2 aromatic rings. The van der Waals surface area contributed by atoms with Crippen LogP contribution in [0.2, 0.25) is 15.1 Å². The molecule has 0 saturated carbocycles. The standard InChI is InChI=1S/C20H24Cl3NO2/c1-4-13(3)24-11-14-9-18(23)20(19(10-14)25-5-2)26-12-15-16(21)7-6-8-17(15)22/h6-10,13,24H,4-5,11-12H2,1-3H3/t13-/m0/s1. The summed E-state index contributed by atoms with van der Waals surface area (Å²) in [6, 6.07) is 9.63. The predicted octanol–water partition coefficient (Wildman–Crippen LogP) is 6.51. The molecule has 1 N–H and O–H groups in total. The Labute approximate surface area is 170 Å². The zero-order chi connectivity index (χ0) is 19.1. The van der Waals surface area contributed by atoms with E-state index in [0.717, 1.165) is 17.5 Å². The van der Waals surface area contributed by atoms with Gasteiger partial charge < -0.3 is 14.8 Å². The number of ether oxygens (including phenoxy) is 2. The summed E-state index contributed by atoms with van der Waals surface area (Å²) in [5, 5.41) is 5.06. The van der Waals surface area contributed by atoms with E-state index in [1.807, 2.05) is 19.1 Å². The van der Waals surface area contributed by atoms with Crippen molar-refractivity contribution in [1.82, 2.24) is 5.32 Å². The summed E-state index contributed by atoms with van der Waals surface area (Å²) >= 11 is 18.9. The third-order valence-corrected chi connectivity index (χ3v) is 5.05. The van der Waals surface area contributed by atoms with E-state index in [4.69, 9.17) is 44.3 Å². The summed E-state index contributed by atoms with van der Waals surface area (Å²) in [5.74, 6) is 1.11. The Morgan fingerprint density at radius 1 is 1.00 bits per heavy atom. The fourth-order valence-corrected chi connectivity index (χ4v) is 3.17. The predicted molar refractivity (Wildman–Crippen MR) is 110 cm³/mol. The molecule has 0 amide bonds. The van der Waals surface area contributed by atoms with Crippen LogP contribution >= 0.6 is 34.8 Å². The highest BCUT2D eigenvalue weighted by atomic mass is 35.5. The number of rotatable bonds is 9. The van der Waals surface area contributed by atoms with Crippen LogP contribution < -0.4 is 14.8 Å². The van der Waals surface area contributed by atoms with E-state index in [2.05, 4.69) is 19.2 Å². The van der Waals surface area contributed by atoms with Crippen molar-refractivity contribution in [3.63, 3.8) is 0 Å². The van der Waals surface area contributed by atoms with Crippen molar-refractivity contribution < 1.29 is 9.47 Å². The Bertz CT molecular complexity index is 717. The summed E-state index contributed by atoms with van der Waals surface area (Å²) in [7, 11) is 0. The molecule has 0 spiro atoms. The molecule has 0 saturated heterocycles. The van der Waals surface area contributed by atoms with Crippen LogP contribution in [-0.2, 0) is 13.2 Å². The van der Waals surface area contributed by atoms with Crippen molar-refractivity contribution in [1.29, 1.82) is 0 Å². The van der Waals surface area contributed by atoms with Gasteiger partial charge in [-0.3, -0.25) is 0 Å². The monoisotopic (exact) mass is 415 g/mol. The molecule has 0 aliphatic carbocycles. The molecule has 0 heterocycles. The van der Waals surface area contributed by atoms with Crippen molar-refractivity contribution in [2.24, 2.45) is 0 Å². The van der Waals surface area contributed by atoms with Gasteiger partial charge in [-0.2, -0.15) is 0 Å². The molecule has 0 aliphatic heterocycles. The van der Waals surface area contributed by atoms with Crippen LogP contribution in [0.5, 0.6) is 11.5 Å². The van der Waals surface area contributed by atoms with E-state index in [0.29, 0.717) is 45.8 Å². The van der Waals surface area contributed by atoms with Crippen LogP contribution in [0.4, 0.5) is 0 Å². The number of hydrogen-bond acceptors (Lipinski definition) is 3. The molecule has 6 heteroatoms. The topological polar surface area (TPSA) is 30.5 Å². The molecule has 0 radical (unpaired) electrons. The van der Waals surface area contributed by atoms with Gasteiger partial charge in [-0.25, -0.2) is 0 Å². The molecule has 1 atom stereocenters. The fourth-order valence-electron chi connectivity index (χ4n) is 2.38. The first-order chi connectivity index (χ1) is 12.5.